The minimum absolute atomic E-state index is 0.279. The fraction of sp³-hybridized carbons (Fsp3) is 0.182. The molecule has 2 N–H and O–H groups in total. The Morgan fingerprint density at radius 3 is 2.94 bits per heavy atom. The Balaban J connectivity index is 2.36. The Kier molecular flexibility index (Phi) is 2.96. The molecule has 5 heteroatoms. The van der Waals surface area contributed by atoms with Crippen molar-refractivity contribution in [3.63, 3.8) is 0 Å². The smallest absolute Gasteiger partial charge is 0.434 e. The van der Waals surface area contributed by atoms with Crippen LogP contribution in [0.3, 0.4) is 0 Å². The van der Waals surface area contributed by atoms with Gasteiger partial charge in [0.15, 0.2) is 5.75 Å². The van der Waals surface area contributed by atoms with Crippen LogP contribution in [0, 0.1) is 0 Å². The average Bonchev–Trinajstić information content (AvgIpc) is 2.56. The Bertz CT molecular complexity index is 521. The van der Waals surface area contributed by atoms with Gasteiger partial charge in [0, 0.05) is 10.1 Å². The molecular weight excluding hydrogens is 226 g/mol. The zero-order valence-corrected chi connectivity index (χ0v) is 9.54. The van der Waals surface area contributed by atoms with Gasteiger partial charge in [-0.3, -0.25) is 0 Å². The molecule has 0 aliphatic carbocycles. The summed E-state index contributed by atoms with van der Waals surface area (Å²) in [6.45, 7) is 2.00. The van der Waals surface area contributed by atoms with Gasteiger partial charge in [-0.05, 0) is 19.1 Å². The van der Waals surface area contributed by atoms with E-state index in [1.54, 1.807) is 6.92 Å². The van der Waals surface area contributed by atoms with Gasteiger partial charge < -0.3 is 15.2 Å². The highest BCUT2D eigenvalue weighted by atomic mass is 32.1. The molecule has 0 saturated heterocycles. The fourth-order valence-corrected chi connectivity index (χ4v) is 2.28. The predicted molar refractivity (Wildman–Crippen MR) is 63.9 cm³/mol. The lowest BCUT2D eigenvalue weighted by Gasteiger charge is -2.03. The molecular formula is C11H11NO3S. The quantitative estimate of drug-likeness (QED) is 0.815. The van der Waals surface area contributed by atoms with Crippen molar-refractivity contribution in [2.75, 3.05) is 12.3 Å². The number of anilines is 1. The minimum atomic E-state index is -0.724. The lowest BCUT2D eigenvalue weighted by molar-refractivity contribution is 0.105. The first kappa shape index (κ1) is 10.8. The van der Waals surface area contributed by atoms with Crippen molar-refractivity contribution in [2.45, 2.75) is 6.92 Å². The van der Waals surface area contributed by atoms with Crippen molar-refractivity contribution >= 4 is 32.6 Å². The monoisotopic (exact) mass is 237 g/mol. The summed E-state index contributed by atoms with van der Waals surface area (Å²) >= 11 is 1.38. The first-order valence-electron chi connectivity index (χ1n) is 4.84. The summed E-state index contributed by atoms with van der Waals surface area (Å²) in [5.41, 5.74) is 5.78. The number of ether oxygens (including phenoxy) is 2. The number of fused-ring (bicyclic) bond motifs is 1. The Morgan fingerprint density at radius 2 is 2.19 bits per heavy atom. The van der Waals surface area contributed by atoms with Crippen molar-refractivity contribution in [2.24, 2.45) is 0 Å². The average molecular weight is 237 g/mol. The standard InChI is InChI=1S/C11H11NO3S/c1-2-14-11(13)15-9-7-5-3-4-6-8(7)16-10(9)12/h3-6H,2,12H2,1H3. The first-order chi connectivity index (χ1) is 7.72. The second-order valence-corrected chi connectivity index (χ2v) is 4.16. The van der Waals surface area contributed by atoms with E-state index in [2.05, 4.69) is 0 Å². The summed E-state index contributed by atoms with van der Waals surface area (Å²) < 4.78 is 10.8. The van der Waals surface area contributed by atoms with Crippen LogP contribution in [0.2, 0.25) is 0 Å². The lowest BCUT2D eigenvalue weighted by Crippen LogP contribution is -2.10. The number of carbonyl (C=O) groups excluding carboxylic acids is 1. The van der Waals surface area contributed by atoms with Gasteiger partial charge in [0.2, 0.25) is 0 Å². The summed E-state index contributed by atoms with van der Waals surface area (Å²) in [6, 6.07) is 7.56. The molecule has 0 fully saturated rings. The highest BCUT2D eigenvalue weighted by molar-refractivity contribution is 7.23. The van der Waals surface area contributed by atoms with Crippen LogP contribution in [0.4, 0.5) is 9.80 Å². The van der Waals surface area contributed by atoms with E-state index in [9.17, 15) is 4.79 Å². The summed E-state index contributed by atoms with van der Waals surface area (Å²) in [4.78, 5) is 11.2. The maximum atomic E-state index is 11.2. The Morgan fingerprint density at radius 1 is 1.44 bits per heavy atom. The van der Waals surface area contributed by atoms with Gasteiger partial charge in [0.1, 0.15) is 5.00 Å². The molecule has 0 bridgehead atoms. The number of rotatable bonds is 2. The highest BCUT2D eigenvalue weighted by Gasteiger charge is 2.14. The van der Waals surface area contributed by atoms with Gasteiger partial charge in [-0.2, -0.15) is 0 Å². The maximum absolute atomic E-state index is 11.2. The van der Waals surface area contributed by atoms with Gasteiger partial charge in [-0.15, -0.1) is 11.3 Å². The van der Waals surface area contributed by atoms with Gasteiger partial charge in [-0.25, -0.2) is 4.79 Å². The van der Waals surface area contributed by atoms with Crippen LogP contribution >= 0.6 is 11.3 Å². The molecule has 2 aromatic rings. The van der Waals surface area contributed by atoms with Crippen LogP contribution in [0.25, 0.3) is 10.1 Å². The first-order valence-corrected chi connectivity index (χ1v) is 5.65. The van der Waals surface area contributed by atoms with Crippen molar-refractivity contribution < 1.29 is 14.3 Å². The third-order valence-electron chi connectivity index (χ3n) is 2.02. The molecule has 1 heterocycles. The Hall–Kier alpha value is -1.75. The van der Waals surface area contributed by atoms with Gasteiger partial charge in [0.25, 0.3) is 0 Å². The van der Waals surface area contributed by atoms with Crippen LogP contribution in [0.1, 0.15) is 6.92 Å². The van der Waals surface area contributed by atoms with Crippen LogP contribution in [-0.2, 0) is 4.74 Å². The second-order valence-electron chi connectivity index (χ2n) is 3.08. The molecule has 0 spiro atoms. The molecule has 16 heavy (non-hydrogen) atoms. The van der Waals surface area contributed by atoms with Crippen LogP contribution in [0.15, 0.2) is 24.3 Å². The normalized spacial score (nSPS) is 10.3. The maximum Gasteiger partial charge on any atom is 0.513 e. The fourth-order valence-electron chi connectivity index (χ4n) is 1.38. The summed E-state index contributed by atoms with van der Waals surface area (Å²) in [6.07, 6.45) is -0.724. The summed E-state index contributed by atoms with van der Waals surface area (Å²) in [5.74, 6) is 0.388. The molecule has 0 saturated carbocycles. The third kappa shape index (κ3) is 1.94. The van der Waals surface area contributed by atoms with E-state index < -0.39 is 6.16 Å². The zero-order valence-electron chi connectivity index (χ0n) is 8.73. The number of hydrogen-bond donors (Lipinski definition) is 1. The molecule has 0 radical (unpaired) electrons. The number of carbonyl (C=O) groups is 1. The molecule has 0 aliphatic rings. The molecule has 1 aromatic heterocycles. The van der Waals surface area contributed by atoms with Crippen LogP contribution in [-0.4, -0.2) is 12.8 Å². The SMILES string of the molecule is CCOC(=O)Oc1c(N)sc2ccccc12. The molecule has 1 aromatic carbocycles. The third-order valence-corrected chi connectivity index (χ3v) is 3.00. The summed E-state index contributed by atoms with van der Waals surface area (Å²) in [7, 11) is 0. The van der Waals surface area contributed by atoms with Gasteiger partial charge in [0.05, 0.1) is 6.61 Å². The van der Waals surface area contributed by atoms with E-state index in [0.29, 0.717) is 10.8 Å². The number of thiophene rings is 1. The zero-order chi connectivity index (χ0) is 11.5. The summed E-state index contributed by atoms with van der Waals surface area (Å²) in [5, 5.41) is 1.31. The topological polar surface area (TPSA) is 61.5 Å². The lowest BCUT2D eigenvalue weighted by atomic mass is 10.2. The largest absolute Gasteiger partial charge is 0.513 e. The van der Waals surface area contributed by atoms with Crippen molar-refractivity contribution in [1.29, 1.82) is 0 Å². The molecule has 0 amide bonds. The second kappa shape index (κ2) is 4.40. The van der Waals surface area contributed by atoms with Crippen LogP contribution < -0.4 is 10.5 Å². The van der Waals surface area contributed by atoms with E-state index in [1.807, 2.05) is 24.3 Å². The predicted octanol–water partition coefficient (Wildman–Crippen LogP) is 3.02. The highest BCUT2D eigenvalue weighted by Crippen LogP contribution is 2.39. The Labute approximate surface area is 96.6 Å². The van der Waals surface area contributed by atoms with E-state index in [0.717, 1.165) is 10.1 Å². The number of hydrogen-bond acceptors (Lipinski definition) is 5. The molecule has 0 aliphatic heterocycles. The van der Waals surface area contributed by atoms with Gasteiger partial charge in [-0.1, -0.05) is 12.1 Å². The molecule has 4 nitrogen and oxygen atoms in total. The number of nitrogens with two attached hydrogens (primary N) is 1. The molecule has 2 rings (SSSR count). The van der Waals surface area contributed by atoms with E-state index in [4.69, 9.17) is 15.2 Å². The van der Waals surface area contributed by atoms with E-state index in [1.165, 1.54) is 11.3 Å². The van der Waals surface area contributed by atoms with E-state index >= 15 is 0 Å². The van der Waals surface area contributed by atoms with Crippen molar-refractivity contribution in [3.8, 4) is 5.75 Å². The van der Waals surface area contributed by atoms with E-state index in [-0.39, 0.29) is 6.61 Å². The molecule has 0 atom stereocenters. The molecule has 0 unspecified atom stereocenters. The van der Waals surface area contributed by atoms with Crippen molar-refractivity contribution in [1.82, 2.24) is 0 Å². The van der Waals surface area contributed by atoms with Gasteiger partial charge >= 0.3 is 6.16 Å². The molecule has 84 valence electrons. The van der Waals surface area contributed by atoms with Crippen LogP contribution in [0.5, 0.6) is 5.75 Å². The van der Waals surface area contributed by atoms with Crippen molar-refractivity contribution in [3.05, 3.63) is 24.3 Å². The number of benzene rings is 1. The number of nitrogen functional groups attached to an aromatic ring is 1. The minimum Gasteiger partial charge on any atom is -0.434 e.